The van der Waals surface area contributed by atoms with Crippen molar-refractivity contribution in [3.63, 3.8) is 0 Å². The third-order valence-corrected chi connectivity index (χ3v) is 3.65. The molecule has 1 N–H and O–H groups in total. The number of hydrogen-bond donors (Lipinski definition) is 1. The van der Waals surface area contributed by atoms with Crippen LogP contribution in [-0.4, -0.2) is 25.3 Å². The Morgan fingerprint density at radius 2 is 1.89 bits per heavy atom. The Bertz CT molecular complexity index is 790. The van der Waals surface area contributed by atoms with E-state index in [0.29, 0.717) is 11.3 Å². The van der Waals surface area contributed by atoms with Gasteiger partial charge in [-0.25, -0.2) is 5.43 Å². The van der Waals surface area contributed by atoms with Crippen molar-refractivity contribution in [3.05, 3.63) is 59.2 Å². The number of carbonyl (C=O) groups is 1. The number of hydrogen-bond acceptors (Lipinski definition) is 4. The Hall–Kier alpha value is -2.96. The molecule has 0 atom stereocenters. The quantitative estimate of drug-likeness (QED) is 0.553. The monoisotopic (exact) mass is 376 g/mol. The first-order valence-corrected chi connectivity index (χ1v) is 8.45. The summed E-state index contributed by atoms with van der Waals surface area (Å²) in [5, 5.41) is 3.82. The Morgan fingerprint density at radius 3 is 2.52 bits per heavy atom. The van der Waals surface area contributed by atoms with Gasteiger partial charge in [0.2, 0.25) is 0 Å². The number of nitrogens with one attached hydrogen (secondary N) is 1. The first-order valence-electron chi connectivity index (χ1n) is 8.45. The summed E-state index contributed by atoms with van der Waals surface area (Å²) in [5.74, 6) is 0.597. The van der Waals surface area contributed by atoms with Crippen molar-refractivity contribution >= 4 is 12.1 Å². The van der Waals surface area contributed by atoms with Crippen LogP contribution in [0.25, 0.3) is 0 Å². The molecule has 27 heavy (non-hydrogen) atoms. The van der Waals surface area contributed by atoms with E-state index in [2.05, 4.69) is 29.1 Å². The minimum absolute atomic E-state index is 0.0543. The maximum Gasteiger partial charge on any atom is 0.387 e. The van der Waals surface area contributed by atoms with E-state index in [1.165, 1.54) is 18.3 Å². The lowest BCUT2D eigenvalue weighted by molar-refractivity contribution is -0.123. The van der Waals surface area contributed by atoms with Gasteiger partial charge in [0, 0.05) is 0 Å². The molecule has 144 valence electrons. The van der Waals surface area contributed by atoms with E-state index >= 15 is 0 Å². The molecule has 1 amide bonds. The second kappa shape index (κ2) is 9.66. The maximum atomic E-state index is 12.1. The van der Waals surface area contributed by atoms with Crippen LogP contribution in [0.4, 0.5) is 8.78 Å². The molecular formula is C20H22F2N2O3. The van der Waals surface area contributed by atoms with Gasteiger partial charge in [-0.1, -0.05) is 31.5 Å². The Morgan fingerprint density at radius 1 is 1.19 bits per heavy atom. The number of amides is 1. The SMILES string of the molecule is Cc1ccc(OCC(=O)N/N=C/c2ccc(OC(F)F)cc2)c(C(C)C)c1. The molecule has 0 unspecified atom stereocenters. The maximum absolute atomic E-state index is 12.1. The molecule has 0 aromatic heterocycles. The molecule has 0 bridgehead atoms. The molecule has 0 saturated carbocycles. The van der Waals surface area contributed by atoms with Crippen LogP contribution < -0.4 is 14.9 Å². The Balaban J connectivity index is 1.85. The standard InChI is InChI=1S/C20H22F2N2O3/c1-13(2)17-10-14(3)4-9-18(17)26-12-19(25)24-23-11-15-5-7-16(8-6-15)27-20(21)22/h4-11,13,20H,12H2,1-3H3,(H,24,25)/b23-11+. The van der Waals surface area contributed by atoms with Crippen molar-refractivity contribution in [2.45, 2.75) is 33.3 Å². The molecule has 0 radical (unpaired) electrons. The van der Waals surface area contributed by atoms with Gasteiger partial charge in [-0.3, -0.25) is 4.79 Å². The highest BCUT2D eigenvalue weighted by Gasteiger charge is 2.10. The highest BCUT2D eigenvalue weighted by atomic mass is 19.3. The zero-order valence-corrected chi connectivity index (χ0v) is 15.4. The average Bonchev–Trinajstić information content (AvgIpc) is 2.61. The number of alkyl halides is 2. The van der Waals surface area contributed by atoms with Crippen LogP contribution in [0.5, 0.6) is 11.5 Å². The van der Waals surface area contributed by atoms with Gasteiger partial charge in [0.15, 0.2) is 6.61 Å². The van der Waals surface area contributed by atoms with Crippen molar-refractivity contribution in [2.24, 2.45) is 5.10 Å². The molecule has 2 aromatic carbocycles. The van der Waals surface area contributed by atoms with Gasteiger partial charge in [-0.15, -0.1) is 0 Å². The average molecular weight is 376 g/mol. The third kappa shape index (κ3) is 6.69. The van der Waals surface area contributed by atoms with Crippen molar-refractivity contribution in [1.82, 2.24) is 5.43 Å². The number of aryl methyl sites for hydroxylation is 1. The Kier molecular flexibility index (Phi) is 7.28. The molecule has 0 aliphatic heterocycles. The van der Waals surface area contributed by atoms with Gasteiger partial charge < -0.3 is 9.47 Å². The molecule has 0 fully saturated rings. The number of nitrogens with zero attached hydrogens (tertiary/aromatic N) is 1. The molecular weight excluding hydrogens is 354 g/mol. The lowest BCUT2D eigenvalue weighted by atomic mass is 10.00. The third-order valence-electron chi connectivity index (χ3n) is 3.65. The van der Waals surface area contributed by atoms with Gasteiger partial charge in [-0.2, -0.15) is 13.9 Å². The van der Waals surface area contributed by atoms with Gasteiger partial charge >= 0.3 is 6.61 Å². The van der Waals surface area contributed by atoms with Crippen molar-refractivity contribution in [1.29, 1.82) is 0 Å². The van der Waals surface area contributed by atoms with Gasteiger partial charge in [0.25, 0.3) is 5.91 Å². The van der Waals surface area contributed by atoms with Gasteiger partial charge in [0.1, 0.15) is 11.5 Å². The molecule has 7 heteroatoms. The molecule has 0 spiro atoms. The number of halogens is 2. The molecule has 2 aromatic rings. The summed E-state index contributed by atoms with van der Waals surface area (Å²) < 4.78 is 34.0. The smallest absolute Gasteiger partial charge is 0.387 e. The van der Waals surface area contributed by atoms with Crippen LogP contribution >= 0.6 is 0 Å². The van der Waals surface area contributed by atoms with E-state index in [1.807, 2.05) is 25.1 Å². The van der Waals surface area contributed by atoms with E-state index < -0.39 is 12.5 Å². The lowest BCUT2D eigenvalue weighted by Gasteiger charge is -2.14. The van der Waals surface area contributed by atoms with Crippen LogP contribution in [-0.2, 0) is 4.79 Å². The molecule has 5 nitrogen and oxygen atoms in total. The topological polar surface area (TPSA) is 59.9 Å². The highest BCUT2D eigenvalue weighted by molar-refractivity contribution is 5.83. The summed E-state index contributed by atoms with van der Waals surface area (Å²) in [6, 6.07) is 11.7. The zero-order chi connectivity index (χ0) is 19.8. The van der Waals surface area contributed by atoms with Crippen molar-refractivity contribution < 1.29 is 23.0 Å². The molecule has 2 rings (SSSR count). The summed E-state index contributed by atoms with van der Waals surface area (Å²) in [6.07, 6.45) is 1.40. The molecule has 0 aliphatic rings. The van der Waals surface area contributed by atoms with Gasteiger partial charge in [-0.05, 0) is 54.3 Å². The van der Waals surface area contributed by atoms with Gasteiger partial charge in [0.05, 0.1) is 6.21 Å². The molecule has 0 heterocycles. The first-order chi connectivity index (χ1) is 12.8. The zero-order valence-electron chi connectivity index (χ0n) is 15.4. The summed E-state index contributed by atoms with van der Waals surface area (Å²) in [7, 11) is 0. The van der Waals surface area contributed by atoms with Crippen LogP contribution in [0.2, 0.25) is 0 Å². The predicted molar refractivity (Wildman–Crippen MR) is 99.6 cm³/mol. The van der Waals surface area contributed by atoms with Crippen LogP contribution in [0.1, 0.15) is 36.5 Å². The molecule has 0 aliphatic carbocycles. The first kappa shape index (κ1) is 20.4. The number of rotatable bonds is 8. The number of benzene rings is 2. The summed E-state index contributed by atoms with van der Waals surface area (Å²) >= 11 is 0. The fourth-order valence-electron chi connectivity index (χ4n) is 2.34. The lowest BCUT2D eigenvalue weighted by Crippen LogP contribution is -2.24. The summed E-state index contributed by atoms with van der Waals surface area (Å²) in [5.41, 5.74) is 5.16. The number of hydrazone groups is 1. The van der Waals surface area contributed by atoms with E-state index in [4.69, 9.17) is 4.74 Å². The van der Waals surface area contributed by atoms with Crippen LogP contribution in [0.3, 0.4) is 0 Å². The number of ether oxygens (including phenoxy) is 2. The fourth-order valence-corrected chi connectivity index (χ4v) is 2.34. The van der Waals surface area contributed by atoms with Crippen molar-refractivity contribution in [2.75, 3.05) is 6.61 Å². The minimum atomic E-state index is -2.87. The number of carbonyl (C=O) groups excluding carboxylic acids is 1. The van der Waals surface area contributed by atoms with E-state index in [9.17, 15) is 13.6 Å². The van der Waals surface area contributed by atoms with Crippen molar-refractivity contribution in [3.8, 4) is 11.5 Å². The van der Waals surface area contributed by atoms with Crippen LogP contribution in [0.15, 0.2) is 47.6 Å². The second-order valence-electron chi connectivity index (χ2n) is 6.23. The molecule has 0 saturated heterocycles. The normalized spacial score (nSPS) is 11.2. The summed E-state index contributed by atoms with van der Waals surface area (Å²) in [4.78, 5) is 11.9. The van der Waals surface area contributed by atoms with E-state index in [-0.39, 0.29) is 18.3 Å². The minimum Gasteiger partial charge on any atom is -0.483 e. The Labute approximate surface area is 157 Å². The summed E-state index contributed by atoms with van der Waals surface area (Å²) in [6.45, 7) is 3.09. The largest absolute Gasteiger partial charge is 0.483 e. The second-order valence-corrected chi connectivity index (χ2v) is 6.23. The highest BCUT2D eigenvalue weighted by Crippen LogP contribution is 2.27. The van der Waals surface area contributed by atoms with E-state index in [1.54, 1.807) is 12.1 Å². The van der Waals surface area contributed by atoms with Crippen LogP contribution in [0, 0.1) is 6.92 Å². The van der Waals surface area contributed by atoms with E-state index in [0.717, 1.165) is 11.1 Å². The fraction of sp³-hybridized carbons (Fsp3) is 0.300. The predicted octanol–water partition coefficient (Wildman–Crippen LogP) is 4.25.